The standard InChI is InChI=1S/C54H31N3OS/c1-3-15-32(16-4-1)52-55-53(33-17-5-2-6-18-33)57-54(56-52)41-23-13-24-42-46(41)38-28-27-34(30-43(38)58-42)45-40-29-26-31-14-7-8-19-35(31)47(40)49-37-21-10-9-20-36(37)48-39-22-11-12-25-44(39)59-51(48)50(45)49/h1-30,45H. The Labute approximate surface area is 342 Å². The van der Waals surface area contributed by atoms with E-state index < -0.39 is 0 Å². The first-order valence-electron chi connectivity index (χ1n) is 20.0. The molecule has 4 nitrogen and oxygen atoms in total. The summed E-state index contributed by atoms with van der Waals surface area (Å²) < 4.78 is 9.50. The van der Waals surface area contributed by atoms with E-state index in [0.29, 0.717) is 17.5 Å². The van der Waals surface area contributed by atoms with Crippen LogP contribution in [-0.4, -0.2) is 15.0 Å². The molecule has 0 saturated heterocycles. The molecular formula is C54H31N3OS. The molecule has 1 aliphatic carbocycles. The van der Waals surface area contributed by atoms with Crippen LogP contribution in [0.15, 0.2) is 186 Å². The van der Waals surface area contributed by atoms with Crippen LogP contribution in [0.25, 0.3) is 109 Å². The van der Waals surface area contributed by atoms with Crippen LogP contribution < -0.4 is 0 Å². The monoisotopic (exact) mass is 769 g/mol. The topological polar surface area (TPSA) is 51.8 Å². The Kier molecular flexibility index (Phi) is 6.91. The number of hydrogen-bond donors (Lipinski definition) is 0. The summed E-state index contributed by atoms with van der Waals surface area (Å²) in [6.45, 7) is 0. The highest BCUT2D eigenvalue weighted by Gasteiger charge is 2.36. The molecule has 9 aromatic carbocycles. The third kappa shape index (κ3) is 4.80. The number of hydrogen-bond acceptors (Lipinski definition) is 5. The molecule has 0 spiro atoms. The van der Waals surface area contributed by atoms with Gasteiger partial charge in [-0.2, -0.15) is 0 Å². The van der Waals surface area contributed by atoms with Crippen molar-refractivity contribution in [1.29, 1.82) is 0 Å². The minimum absolute atomic E-state index is 0.00671. The number of benzene rings is 9. The number of thiophene rings is 1. The molecule has 0 saturated carbocycles. The Hall–Kier alpha value is -7.47. The van der Waals surface area contributed by atoms with Crippen molar-refractivity contribution >= 4 is 75.0 Å². The molecule has 1 unspecified atom stereocenters. The van der Waals surface area contributed by atoms with E-state index in [1.807, 2.05) is 78.1 Å². The van der Waals surface area contributed by atoms with Crippen LogP contribution in [0.3, 0.4) is 0 Å². The zero-order valence-corrected chi connectivity index (χ0v) is 32.4. The van der Waals surface area contributed by atoms with Crippen LogP contribution in [0.1, 0.15) is 22.6 Å². The van der Waals surface area contributed by atoms with Gasteiger partial charge in [-0.05, 0) is 67.6 Å². The average Bonchev–Trinajstić information content (AvgIpc) is 3.99. The van der Waals surface area contributed by atoms with Gasteiger partial charge in [0.2, 0.25) is 0 Å². The number of rotatable bonds is 4. The van der Waals surface area contributed by atoms with Gasteiger partial charge < -0.3 is 4.42 Å². The fourth-order valence-corrected chi connectivity index (χ4v) is 11.0. The molecule has 59 heavy (non-hydrogen) atoms. The normalized spacial score (nSPS) is 13.6. The van der Waals surface area contributed by atoms with E-state index in [1.165, 1.54) is 69.5 Å². The summed E-state index contributed by atoms with van der Waals surface area (Å²) >= 11 is 1.92. The molecule has 5 heteroatoms. The second-order valence-corrected chi connectivity index (χ2v) is 16.4. The Morgan fingerprint density at radius 2 is 1.10 bits per heavy atom. The summed E-state index contributed by atoms with van der Waals surface area (Å²) in [6.07, 6.45) is 0. The lowest BCUT2D eigenvalue weighted by atomic mass is 9.87. The molecule has 0 fully saturated rings. The van der Waals surface area contributed by atoms with E-state index in [-0.39, 0.29) is 5.92 Å². The van der Waals surface area contributed by atoms with E-state index in [0.717, 1.165) is 38.6 Å². The molecule has 3 aromatic heterocycles. The van der Waals surface area contributed by atoms with E-state index in [4.69, 9.17) is 19.4 Å². The predicted octanol–water partition coefficient (Wildman–Crippen LogP) is 14.6. The van der Waals surface area contributed by atoms with Gasteiger partial charge in [0, 0.05) is 53.6 Å². The first-order chi connectivity index (χ1) is 29.3. The van der Waals surface area contributed by atoms with Gasteiger partial charge in [0.05, 0.1) is 0 Å². The van der Waals surface area contributed by atoms with Gasteiger partial charge in [-0.1, -0.05) is 164 Å². The van der Waals surface area contributed by atoms with Crippen molar-refractivity contribution in [3.05, 3.63) is 199 Å². The van der Waals surface area contributed by atoms with Crippen LogP contribution in [0.5, 0.6) is 0 Å². The maximum Gasteiger partial charge on any atom is 0.164 e. The molecule has 0 aliphatic heterocycles. The molecule has 13 rings (SSSR count). The van der Waals surface area contributed by atoms with Gasteiger partial charge in [-0.3, -0.25) is 0 Å². The van der Waals surface area contributed by atoms with Crippen LogP contribution in [0.2, 0.25) is 0 Å². The minimum atomic E-state index is 0.00671. The predicted molar refractivity (Wildman–Crippen MR) is 244 cm³/mol. The van der Waals surface area contributed by atoms with Crippen LogP contribution in [0, 0.1) is 0 Å². The Morgan fingerprint density at radius 3 is 1.88 bits per heavy atom. The fourth-order valence-electron chi connectivity index (χ4n) is 9.67. The van der Waals surface area contributed by atoms with E-state index in [9.17, 15) is 0 Å². The molecule has 0 N–H and O–H groups in total. The molecule has 12 aromatic rings. The summed E-state index contributed by atoms with van der Waals surface area (Å²) in [5.41, 5.74) is 11.0. The van der Waals surface area contributed by atoms with Crippen molar-refractivity contribution in [2.45, 2.75) is 5.92 Å². The van der Waals surface area contributed by atoms with Gasteiger partial charge in [0.15, 0.2) is 17.5 Å². The lowest BCUT2D eigenvalue weighted by molar-refractivity contribution is 0.668. The molecule has 1 atom stereocenters. The molecule has 0 bridgehead atoms. The quantitative estimate of drug-likeness (QED) is 0.179. The SMILES string of the molecule is c1ccc(-c2nc(-c3ccccc3)nc(-c3cccc4oc5cc(C6c7ccc8ccccc8c7-c7c6c6sc8ccccc8c6c6ccccc76)ccc5c34)n2)cc1. The van der Waals surface area contributed by atoms with E-state index >= 15 is 0 Å². The minimum Gasteiger partial charge on any atom is -0.456 e. The van der Waals surface area contributed by atoms with Crippen molar-refractivity contribution in [3.8, 4) is 45.3 Å². The highest BCUT2D eigenvalue weighted by molar-refractivity contribution is 7.26. The number of fused-ring (bicyclic) bond motifs is 15. The zero-order chi connectivity index (χ0) is 38.6. The molecule has 3 heterocycles. The summed E-state index contributed by atoms with van der Waals surface area (Å²) in [4.78, 5) is 15.2. The number of furan rings is 1. The van der Waals surface area contributed by atoms with Crippen molar-refractivity contribution < 1.29 is 4.42 Å². The summed E-state index contributed by atoms with van der Waals surface area (Å²) in [6, 6.07) is 64.7. The second-order valence-electron chi connectivity index (χ2n) is 15.4. The van der Waals surface area contributed by atoms with E-state index in [2.05, 4.69) is 115 Å². The Bertz CT molecular complexity index is 3620. The van der Waals surface area contributed by atoms with Crippen LogP contribution in [0.4, 0.5) is 0 Å². The fraction of sp³-hybridized carbons (Fsp3) is 0.0185. The first kappa shape index (κ1) is 32.6. The maximum absolute atomic E-state index is 6.83. The maximum atomic E-state index is 6.83. The third-order valence-corrected chi connectivity index (χ3v) is 13.4. The summed E-state index contributed by atoms with van der Waals surface area (Å²) in [5, 5.41) is 9.84. The lowest BCUT2D eigenvalue weighted by Crippen LogP contribution is -2.00. The van der Waals surface area contributed by atoms with Crippen molar-refractivity contribution in [3.63, 3.8) is 0 Å². The van der Waals surface area contributed by atoms with Crippen molar-refractivity contribution in [1.82, 2.24) is 15.0 Å². The van der Waals surface area contributed by atoms with E-state index in [1.54, 1.807) is 0 Å². The second kappa shape index (κ2) is 12.5. The highest BCUT2D eigenvalue weighted by Crippen LogP contribution is 2.58. The highest BCUT2D eigenvalue weighted by atomic mass is 32.1. The number of aromatic nitrogens is 3. The largest absolute Gasteiger partial charge is 0.456 e. The smallest absolute Gasteiger partial charge is 0.164 e. The average molecular weight is 770 g/mol. The van der Waals surface area contributed by atoms with Gasteiger partial charge in [0.1, 0.15) is 11.2 Å². The molecule has 1 aliphatic rings. The molecule has 0 amide bonds. The summed E-state index contributed by atoms with van der Waals surface area (Å²) in [7, 11) is 0. The van der Waals surface area contributed by atoms with Gasteiger partial charge >= 0.3 is 0 Å². The van der Waals surface area contributed by atoms with Gasteiger partial charge in [-0.15, -0.1) is 11.3 Å². The zero-order valence-electron chi connectivity index (χ0n) is 31.6. The number of nitrogens with zero attached hydrogens (tertiary/aromatic N) is 3. The summed E-state index contributed by atoms with van der Waals surface area (Å²) in [5.74, 6) is 1.88. The molecule has 0 radical (unpaired) electrons. The van der Waals surface area contributed by atoms with Crippen LogP contribution >= 0.6 is 11.3 Å². The third-order valence-electron chi connectivity index (χ3n) is 12.2. The van der Waals surface area contributed by atoms with Gasteiger partial charge in [-0.25, -0.2) is 15.0 Å². The lowest BCUT2D eigenvalue weighted by Gasteiger charge is -2.16. The van der Waals surface area contributed by atoms with Crippen LogP contribution in [-0.2, 0) is 0 Å². The van der Waals surface area contributed by atoms with Crippen molar-refractivity contribution in [2.75, 3.05) is 0 Å². The first-order valence-corrected chi connectivity index (χ1v) is 20.8. The molecule has 274 valence electrons. The Balaban J connectivity index is 1.06. The van der Waals surface area contributed by atoms with Gasteiger partial charge in [0.25, 0.3) is 0 Å². The molecular weight excluding hydrogens is 739 g/mol. The Morgan fingerprint density at radius 1 is 0.441 bits per heavy atom. The van der Waals surface area contributed by atoms with Crippen molar-refractivity contribution in [2.24, 2.45) is 0 Å².